The molecular weight excluding hydrogens is 509 g/mol. The number of amides is 1. The largest absolute Gasteiger partial charge is 0.488 e. The molecule has 37 heavy (non-hydrogen) atoms. The summed E-state index contributed by atoms with van der Waals surface area (Å²) in [5.74, 6) is 2.25. The van der Waals surface area contributed by atoms with Gasteiger partial charge < -0.3 is 15.4 Å². The summed E-state index contributed by atoms with van der Waals surface area (Å²) in [5.41, 5.74) is 10.1. The highest BCUT2D eigenvalue weighted by molar-refractivity contribution is 6.43. The minimum Gasteiger partial charge on any atom is -0.488 e. The molecule has 1 amide bonds. The van der Waals surface area contributed by atoms with Gasteiger partial charge in [-0.25, -0.2) is 9.97 Å². The number of aromatic nitrogens is 2. The third kappa shape index (κ3) is 6.35. The first-order valence-corrected chi connectivity index (χ1v) is 13.2. The molecule has 1 saturated heterocycles. The van der Waals surface area contributed by atoms with Gasteiger partial charge in [-0.15, -0.1) is 0 Å². The van der Waals surface area contributed by atoms with E-state index in [1.807, 2.05) is 26.0 Å². The highest BCUT2D eigenvalue weighted by atomic mass is 35.5. The van der Waals surface area contributed by atoms with E-state index in [1.165, 1.54) is 5.56 Å². The van der Waals surface area contributed by atoms with Crippen molar-refractivity contribution in [2.24, 2.45) is 5.73 Å². The van der Waals surface area contributed by atoms with Crippen LogP contribution in [0, 0.1) is 13.8 Å². The molecule has 196 valence electrons. The van der Waals surface area contributed by atoms with E-state index in [-0.39, 0.29) is 12.5 Å². The Bertz CT molecular complexity index is 1290. The van der Waals surface area contributed by atoms with Gasteiger partial charge in [0.15, 0.2) is 5.82 Å². The number of nitrogens with two attached hydrogens (primary N) is 1. The number of carbonyl (C=O) groups is 1. The predicted octanol–water partition coefficient (Wildman–Crippen LogP) is 5.38. The number of rotatable bonds is 8. The molecule has 3 aromatic rings. The number of nitrogens with zero attached hydrogens (tertiary/aromatic N) is 4. The standard InChI is InChI=1S/C28H33Cl2N5O2/c1-17(2)20-9-8-18(3)24(14-20)37-16-22-19(4)32-27(21-6-5-7-23(29)26(21)30)33-28(22)35-12-10-34(11-13-35)15-25(31)36/h5-9,14,17H,10-13,15-16H2,1-4H3,(H2,31,36). The normalized spacial score (nSPS) is 14.3. The van der Waals surface area contributed by atoms with E-state index in [0.29, 0.717) is 60.1 Å². The quantitative estimate of drug-likeness (QED) is 0.412. The first-order chi connectivity index (χ1) is 17.6. The van der Waals surface area contributed by atoms with Crippen molar-refractivity contribution in [2.45, 2.75) is 40.2 Å². The summed E-state index contributed by atoms with van der Waals surface area (Å²) in [6.45, 7) is 11.7. The third-order valence-electron chi connectivity index (χ3n) is 6.69. The molecular formula is C28H33Cl2N5O2. The van der Waals surface area contributed by atoms with Crippen molar-refractivity contribution in [3.05, 3.63) is 68.8 Å². The fraction of sp³-hybridized carbons (Fsp3) is 0.393. The van der Waals surface area contributed by atoms with E-state index in [9.17, 15) is 4.79 Å². The molecule has 1 aromatic heterocycles. The number of hydrogen-bond acceptors (Lipinski definition) is 6. The lowest BCUT2D eigenvalue weighted by atomic mass is 10.0. The van der Waals surface area contributed by atoms with E-state index in [1.54, 1.807) is 6.07 Å². The van der Waals surface area contributed by atoms with Gasteiger partial charge in [0.05, 0.1) is 27.8 Å². The van der Waals surface area contributed by atoms with Crippen molar-refractivity contribution in [3.63, 3.8) is 0 Å². The zero-order valence-corrected chi connectivity index (χ0v) is 23.2. The molecule has 2 aromatic carbocycles. The molecule has 2 heterocycles. The van der Waals surface area contributed by atoms with Crippen LogP contribution in [0.15, 0.2) is 36.4 Å². The van der Waals surface area contributed by atoms with Crippen molar-refractivity contribution < 1.29 is 9.53 Å². The SMILES string of the molecule is Cc1ccc(C(C)C)cc1OCc1c(C)nc(-c2cccc(Cl)c2Cl)nc1N1CCN(CC(N)=O)CC1. The van der Waals surface area contributed by atoms with Gasteiger partial charge in [0, 0.05) is 31.7 Å². The molecule has 9 heteroatoms. The van der Waals surface area contributed by atoms with Crippen LogP contribution in [0.25, 0.3) is 11.4 Å². The summed E-state index contributed by atoms with van der Waals surface area (Å²) in [7, 11) is 0. The van der Waals surface area contributed by atoms with Crippen molar-refractivity contribution in [2.75, 3.05) is 37.6 Å². The maximum absolute atomic E-state index is 11.4. The molecule has 1 aliphatic heterocycles. The monoisotopic (exact) mass is 541 g/mol. The summed E-state index contributed by atoms with van der Waals surface area (Å²) >= 11 is 12.8. The van der Waals surface area contributed by atoms with Gasteiger partial charge in [-0.2, -0.15) is 0 Å². The van der Waals surface area contributed by atoms with E-state index in [0.717, 1.165) is 28.4 Å². The lowest BCUT2D eigenvalue weighted by Gasteiger charge is -2.36. The zero-order chi connectivity index (χ0) is 26.7. The van der Waals surface area contributed by atoms with E-state index >= 15 is 0 Å². The number of piperazine rings is 1. The fourth-order valence-electron chi connectivity index (χ4n) is 4.43. The second kappa shape index (κ2) is 11.7. The Morgan fingerprint density at radius 3 is 2.49 bits per heavy atom. The molecule has 0 unspecified atom stereocenters. The Hall–Kier alpha value is -2.87. The van der Waals surface area contributed by atoms with Crippen LogP contribution in [0.3, 0.4) is 0 Å². The molecule has 4 rings (SSSR count). The smallest absolute Gasteiger partial charge is 0.231 e. The lowest BCUT2D eigenvalue weighted by Crippen LogP contribution is -2.49. The maximum Gasteiger partial charge on any atom is 0.231 e. The van der Waals surface area contributed by atoms with Gasteiger partial charge in [-0.1, -0.05) is 55.2 Å². The molecule has 7 nitrogen and oxygen atoms in total. The molecule has 0 radical (unpaired) electrons. The Morgan fingerprint density at radius 2 is 1.81 bits per heavy atom. The van der Waals surface area contributed by atoms with E-state index < -0.39 is 0 Å². The number of primary amides is 1. The highest BCUT2D eigenvalue weighted by Crippen LogP contribution is 2.34. The number of benzene rings is 2. The average molecular weight is 543 g/mol. The molecule has 0 aliphatic carbocycles. The van der Waals surface area contributed by atoms with Crippen LogP contribution in [0.5, 0.6) is 5.75 Å². The maximum atomic E-state index is 11.4. The number of anilines is 1. The van der Waals surface area contributed by atoms with Crippen LogP contribution >= 0.6 is 23.2 Å². The fourth-order valence-corrected chi connectivity index (χ4v) is 4.81. The van der Waals surface area contributed by atoms with Gasteiger partial charge in [0.25, 0.3) is 0 Å². The van der Waals surface area contributed by atoms with Crippen LogP contribution in [-0.4, -0.2) is 53.5 Å². The lowest BCUT2D eigenvalue weighted by molar-refractivity contribution is -0.119. The number of halogens is 2. The predicted molar refractivity (Wildman–Crippen MR) is 150 cm³/mol. The first-order valence-electron chi connectivity index (χ1n) is 12.4. The van der Waals surface area contributed by atoms with E-state index in [4.69, 9.17) is 43.6 Å². The first kappa shape index (κ1) is 27.2. The molecule has 1 fully saturated rings. The van der Waals surface area contributed by atoms with Crippen LogP contribution < -0.4 is 15.4 Å². The molecule has 0 saturated carbocycles. The van der Waals surface area contributed by atoms with Crippen molar-refractivity contribution in [3.8, 4) is 17.1 Å². The number of ether oxygens (including phenoxy) is 1. The summed E-state index contributed by atoms with van der Waals surface area (Å²) < 4.78 is 6.36. The van der Waals surface area contributed by atoms with Crippen LogP contribution in [0.2, 0.25) is 10.0 Å². The Balaban J connectivity index is 1.69. The average Bonchev–Trinajstić information content (AvgIpc) is 2.85. The van der Waals surface area contributed by atoms with Gasteiger partial charge in [0.2, 0.25) is 5.91 Å². The van der Waals surface area contributed by atoms with Crippen molar-refractivity contribution in [1.82, 2.24) is 14.9 Å². The highest BCUT2D eigenvalue weighted by Gasteiger charge is 2.25. The minimum atomic E-state index is -0.322. The van der Waals surface area contributed by atoms with Gasteiger partial charge in [-0.05, 0) is 49.1 Å². The molecule has 1 aliphatic rings. The van der Waals surface area contributed by atoms with E-state index in [2.05, 4.69) is 41.8 Å². The molecule has 2 N–H and O–H groups in total. The third-order valence-corrected chi connectivity index (χ3v) is 7.51. The molecule has 0 atom stereocenters. The number of carbonyl (C=O) groups excluding carboxylic acids is 1. The summed E-state index contributed by atoms with van der Waals surface area (Å²) in [4.78, 5) is 25.4. The van der Waals surface area contributed by atoms with Crippen LogP contribution in [0.1, 0.15) is 42.1 Å². The van der Waals surface area contributed by atoms with Gasteiger partial charge in [0.1, 0.15) is 18.2 Å². The Kier molecular flexibility index (Phi) is 8.57. The van der Waals surface area contributed by atoms with Crippen LogP contribution in [0.4, 0.5) is 5.82 Å². The number of hydrogen-bond donors (Lipinski definition) is 1. The summed E-state index contributed by atoms with van der Waals surface area (Å²) in [6, 6.07) is 11.8. The summed E-state index contributed by atoms with van der Waals surface area (Å²) in [5, 5.41) is 0.876. The Morgan fingerprint density at radius 1 is 1.08 bits per heavy atom. The second-order valence-electron chi connectivity index (χ2n) is 9.73. The van der Waals surface area contributed by atoms with Crippen molar-refractivity contribution in [1.29, 1.82) is 0 Å². The second-order valence-corrected chi connectivity index (χ2v) is 10.5. The number of aryl methyl sites for hydroxylation is 2. The summed E-state index contributed by atoms with van der Waals surface area (Å²) in [6.07, 6.45) is 0. The van der Waals surface area contributed by atoms with Crippen LogP contribution in [-0.2, 0) is 11.4 Å². The Labute approximate surface area is 228 Å². The van der Waals surface area contributed by atoms with Gasteiger partial charge in [-0.3, -0.25) is 9.69 Å². The topological polar surface area (TPSA) is 84.6 Å². The molecule has 0 bridgehead atoms. The van der Waals surface area contributed by atoms with Crippen molar-refractivity contribution >= 4 is 34.9 Å². The van der Waals surface area contributed by atoms with Gasteiger partial charge >= 0.3 is 0 Å². The minimum absolute atomic E-state index is 0.251. The zero-order valence-electron chi connectivity index (χ0n) is 21.7. The molecule has 0 spiro atoms.